The van der Waals surface area contributed by atoms with Crippen molar-refractivity contribution in [2.45, 2.75) is 49.8 Å². The lowest BCUT2D eigenvalue weighted by Gasteiger charge is -2.23. The van der Waals surface area contributed by atoms with Gasteiger partial charge in [-0.25, -0.2) is 0 Å². The lowest BCUT2D eigenvalue weighted by Crippen LogP contribution is -2.45. The number of aliphatic hydroxyl groups excluding tert-OH is 1. The number of benzene rings is 1. The molecule has 2 fully saturated rings. The summed E-state index contributed by atoms with van der Waals surface area (Å²) in [4.78, 5) is 13.0. The molecule has 4 rings (SSSR count). The number of rotatable bonds is 6. The van der Waals surface area contributed by atoms with E-state index in [1.807, 2.05) is 41.2 Å². The Morgan fingerprint density at radius 2 is 2.15 bits per heavy atom. The van der Waals surface area contributed by atoms with E-state index in [0.29, 0.717) is 12.3 Å². The largest absolute Gasteiger partial charge is 0.496 e. The molecule has 6 nitrogen and oxygen atoms in total. The van der Waals surface area contributed by atoms with Crippen LogP contribution >= 0.6 is 0 Å². The van der Waals surface area contributed by atoms with Crippen molar-refractivity contribution >= 4 is 5.91 Å². The minimum Gasteiger partial charge on any atom is -0.496 e. The molecule has 0 bridgehead atoms. The van der Waals surface area contributed by atoms with Gasteiger partial charge in [0, 0.05) is 24.5 Å². The monoisotopic (exact) mass is 355 g/mol. The molecule has 1 aromatic carbocycles. The third kappa shape index (κ3) is 3.09. The Morgan fingerprint density at radius 3 is 2.85 bits per heavy atom. The van der Waals surface area contributed by atoms with Crippen LogP contribution in [0.25, 0.3) is 0 Å². The second-order valence-electron chi connectivity index (χ2n) is 7.50. The molecule has 26 heavy (non-hydrogen) atoms. The average molecular weight is 355 g/mol. The summed E-state index contributed by atoms with van der Waals surface area (Å²) in [6.07, 6.45) is 6.28. The summed E-state index contributed by atoms with van der Waals surface area (Å²) in [5.74, 6) is 1.08. The normalized spacial score (nSPS) is 26.5. The summed E-state index contributed by atoms with van der Waals surface area (Å²) < 4.78 is 7.34. The van der Waals surface area contributed by atoms with Crippen LogP contribution in [0, 0.1) is 5.92 Å². The van der Waals surface area contributed by atoms with Crippen LogP contribution in [-0.4, -0.2) is 40.0 Å². The first-order valence-electron chi connectivity index (χ1n) is 9.22. The molecule has 1 amide bonds. The maximum atomic E-state index is 13.0. The van der Waals surface area contributed by atoms with Gasteiger partial charge in [-0.15, -0.1) is 0 Å². The van der Waals surface area contributed by atoms with Gasteiger partial charge >= 0.3 is 0 Å². The first-order chi connectivity index (χ1) is 12.6. The van der Waals surface area contributed by atoms with E-state index < -0.39 is 11.5 Å². The van der Waals surface area contributed by atoms with Crippen molar-refractivity contribution in [1.29, 1.82) is 0 Å². The molecule has 2 aliphatic carbocycles. The quantitative estimate of drug-likeness (QED) is 0.830. The van der Waals surface area contributed by atoms with Crippen LogP contribution in [0.5, 0.6) is 5.75 Å². The molecule has 2 aliphatic rings. The van der Waals surface area contributed by atoms with Crippen molar-refractivity contribution in [3.63, 3.8) is 0 Å². The van der Waals surface area contributed by atoms with Gasteiger partial charge in [0.25, 0.3) is 0 Å². The van der Waals surface area contributed by atoms with Gasteiger partial charge < -0.3 is 15.2 Å². The highest BCUT2D eigenvalue weighted by molar-refractivity contribution is 5.92. The van der Waals surface area contributed by atoms with Crippen molar-refractivity contribution in [2.75, 3.05) is 7.11 Å². The number of methoxy groups -OCH3 is 1. The zero-order valence-corrected chi connectivity index (χ0v) is 15.0. The zero-order chi connectivity index (χ0) is 18.1. The number of nitrogens with one attached hydrogen (secondary N) is 1. The summed E-state index contributed by atoms with van der Waals surface area (Å²) >= 11 is 0. The van der Waals surface area contributed by atoms with Gasteiger partial charge in [-0.3, -0.25) is 9.48 Å². The topological polar surface area (TPSA) is 76.4 Å². The number of aliphatic hydroxyl groups is 1. The van der Waals surface area contributed by atoms with Crippen LogP contribution in [-0.2, 0) is 16.8 Å². The van der Waals surface area contributed by atoms with E-state index in [0.717, 1.165) is 37.1 Å². The van der Waals surface area contributed by atoms with Gasteiger partial charge in [-0.1, -0.05) is 18.2 Å². The Balaban J connectivity index is 1.43. The number of nitrogens with zero attached hydrogens (tertiary/aromatic N) is 2. The van der Waals surface area contributed by atoms with E-state index in [1.165, 1.54) is 0 Å². The van der Waals surface area contributed by atoms with Crippen LogP contribution in [0.15, 0.2) is 42.7 Å². The number of aromatic nitrogens is 2. The number of ether oxygens (including phenoxy) is 1. The molecule has 0 saturated heterocycles. The third-order valence-corrected chi connectivity index (χ3v) is 5.75. The fourth-order valence-corrected chi connectivity index (χ4v) is 4.19. The molecule has 6 heteroatoms. The van der Waals surface area contributed by atoms with E-state index >= 15 is 0 Å². The van der Waals surface area contributed by atoms with Gasteiger partial charge in [-0.2, -0.15) is 5.10 Å². The Bertz CT molecular complexity index is 770. The van der Waals surface area contributed by atoms with Gasteiger partial charge in [-0.05, 0) is 43.7 Å². The van der Waals surface area contributed by atoms with Gasteiger partial charge in [0.2, 0.25) is 5.91 Å². The summed E-state index contributed by atoms with van der Waals surface area (Å²) in [7, 11) is 1.63. The number of hydrogen-bond donors (Lipinski definition) is 2. The van der Waals surface area contributed by atoms with Crippen molar-refractivity contribution in [3.05, 3.63) is 48.3 Å². The predicted molar refractivity (Wildman–Crippen MR) is 96.8 cm³/mol. The van der Waals surface area contributed by atoms with Crippen molar-refractivity contribution in [2.24, 2.45) is 5.92 Å². The highest BCUT2D eigenvalue weighted by Crippen LogP contribution is 2.51. The van der Waals surface area contributed by atoms with E-state index in [9.17, 15) is 9.90 Å². The lowest BCUT2D eigenvalue weighted by molar-refractivity contribution is -0.125. The van der Waals surface area contributed by atoms with Gasteiger partial charge in [0.05, 0.1) is 24.7 Å². The fraction of sp³-hybridized carbons (Fsp3) is 0.500. The molecule has 1 aromatic heterocycles. The van der Waals surface area contributed by atoms with Gasteiger partial charge in [0.1, 0.15) is 5.75 Å². The van der Waals surface area contributed by atoms with E-state index in [-0.39, 0.29) is 11.9 Å². The highest BCUT2D eigenvalue weighted by atomic mass is 16.5. The first kappa shape index (κ1) is 17.1. The molecular weight excluding hydrogens is 330 g/mol. The van der Waals surface area contributed by atoms with Crippen LogP contribution in [0.1, 0.15) is 31.2 Å². The lowest BCUT2D eigenvalue weighted by atomic mass is 9.93. The van der Waals surface area contributed by atoms with Crippen LogP contribution < -0.4 is 10.1 Å². The Labute approximate surface area is 153 Å². The van der Waals surface area contributed by atoms with Gasteiger partial charge in [0.15, 0.2) is 0 Å². The predicted octanol–water partition coefficient (Wildman–Crippen LogP) is 1.88. The van der Waals surface area contributed by atoms with E-state index in [2.05, 4.69) is 10.4 Å². The standard InChI is InChI=1S/C20H25N3O3/c1-26-18-6-3-2-5-15(18)20(7-8-20)19(25)22-16-11-14(12-17(16)24)13-23-10-4-9-21-23/h2-6,9-10,14,16-17,24H,7-8,11-13H2,1H3,(H,22,25)/t14?,16-,17-/m1/s1. The number of amides is 1. The average Bonchev–Trinajstić information content (AvgIpc) is 3.18. The third-order valence-electron chi connectivity index (χ3n) is 5.75. The number of carbonyl (C=O) groups excluding carboxylic acids is 1. The molecule has 1 unspecified atom stereocenters. The fourth-order valence-electron chi connectivity index (χ4n) is 4.19. The number of hydrogen-bond acceptors (Lipinski definition) is 4. The molecular formula is C20H25N3O3. The Hall–Kier alpha value is -2.34. The molecule has 1 heterocycles. The zero-order valence-electron chi connectivity index (χ0n) is 15.0. The maximum Gasteiger partial charge on any atom is 0.231 e. The molecule has 2 N–H and O–H groups in total. The first-order valence-corrected chi connectivity index (χ1v) is 9.22. The Morgan fingerprint density at radius 1 is 1.35 bits per heavy atom. The Kier molecular flexibility index (Phi) is 4.44. The highest BCUT2D eigenvalue weighted by Gasteiger charge is 2.53. The van der Waals surface area contributed by atoms with E-state index in [4.69, 9.17) is 4.74 Å². The smallest absolute Gasteiger partial charge is 0.231 e. The maximum absolute atomic E-state index is 13.0. The summed E-state index contributed by atoms with van der Waals surface area (Å²) in [6, 6.07) is 9.42. The van der Waals surface area contributed by atoms with Crippen LogP contribution in [0.2, 0.25) is 0 Å². The molecule has 3 atom stereocenters. The SMILES string of the molecule is COc1ccccc1C1(C(=O)N[C@@H]2CC(Cn3cccn3)C[C@H]2O)CC1. The second kappa shape index (κ2) is 6.76. The summed E-state index contributed by atoms with van der Waals surface area (Å²) in [5, 5.41) is 17.8. The van der Waals surface area contributed by atoms with Crippen molar-refractivity contribution in [1.82, 2.24) is 15.1 Å². The molecule has 2 saturated carbocycles. The van der Waals surface area contributed by atoms with Crippen molar-refractivity contribution < 1.29 is 14.6 Å². The number of carbonyl (C=O) groups is 1. The second-order valence-corrected chi connectivity index (χ2v) is 7.50. The molecule has 0 spiro atoms. The van der Waals surface area contributed by atoms with E-state index in [1.54, 1.807) is 13.3 Å². The molecule has 138 valence electrons. The minimum absolute atomic E-state index is 0.00536. The van der Waals surface area contributed by atoms with Crippen LogP contribution in [0.4, 0.5) is 0 Å². The molecule has 2 aromatic rings. The summed E-state index contributed by atoms with van der Waals surface area (Å²) in [6.45, 7) is 0.772. The van der Waals surface area contributed by atoms with Crippen LogP contribution in [0.3, 0.4) is 0 Å². The van der Waals surface area contributed by atoms with Crippen molar-refractivity contribution in [3.8, 4) is 5.75 Å². The molecule has 0 radical (unpaired) electrons. The minimum atomic E-state index is -0.508. The number of para-hydroxylation sites is 1. The molecule has 0 aliphatic heterocycles. The summed E-state index contributed by atoms with van der Waals surface area (Å²) in [5.41, 5.74) is 0.437.